The summed E-state index contributed by atoms with van der Waals surface area (Å²) in [7, 11) is 0. The van der Waals surface area contributed by atoms with E-state index in [0.717, 1.165) is 23.2 Å². The third-order valence-corrected chi connectivity index (χ3v) is 5.14. The third-order valence-electron chi connectivity index (χ3n) is 3.72. The summed E-state index contributed by atoms with van der Waals surface area (Å²) in [5, 5.41) is 3.51. The molecule has 2 heterocycles. The highest BCUT2D eigenvalue weighted by atomic mass is 79.9. The van der Waals surface area contributed by atoms with Gasteiger partial charge in [-0.25, -0.2) is 0 Å². The Balaban J connectivity index is 1.70. The molecule has 0 aliphatic carbocycles. The zero-order valence-corrected chi connectivity index (χ0v) is 14.3. The molecule has 1 aromatic rings. The average Bonchev–Trinajstić information content (AvgIpc) is 3.18. The third kappa shape index (κ3) is 3.35. The van der Waals surface area contributed by atoms with Gasteiger partial charge in [0.05, 0.1) is 6.54 Å². The fourth-order valence-corrected chi connectivity index (χ4v) is 3.64. The van der Waals surface area contributed by atoms with Gasteiger partial charge < -0.3 is 10.2 Å². The molecule has 7 heteroatoms. The molecule has 1 atom stereocenters. The number of likely N-dealkylation sites (tertiary alicyclic amines) is 1. The van der Waals surface area contributed by atoms with Crippen LogP contribution < -0.4 is 5.32 Å². The molecule has 5 nitrogen and oxygen atoms in total. The zero-order valence-electron chi connectivity index (χ0n) is 11.9. The van der Waals surface area contributed by atoms with Crippen LogP contribution in [-0.4, -0.2) is 46.8 Å². The van der Waals surface area contributed by atoms with Crippen LogP contribution in [0.5, 0.6) is 0 Å². The van der Waals surface area contributed by atoms with Crippen LogP contribution in [0.3, 0.4) is 0 Å². The second-order valence-electron chi connectivity index (χ2n) is 5.19. The number of aliphatic imine (C=N–C) groups is 1. The van der Waals surface area contributed by atoms with E-state index in [1.165, 1.54) is 0 Å². The van der Waals surface area contributed by atoms with Gasteiger partial charge in [-0.3, -0.25) is 14.6 Å². The summed E-state index contributed by atoms with van der Waals surface area (Å²) >= 11 is 4.90. The number of hydrogen-bond acceptors (Lipinski definition) is 4. The summed E-state index contributed by atoms with van der Waals surface area (Å²) in [6.07, 6.45) is 1.55. The predicted octanol–water partition coefficient (Wildman–Crippen LogP) is 2.27. The number of amidine groups is 1. The summed E-state index contributed by atoms with van der Waals surface area (Å²) in [5.41, 5.74) is 0.607. The lowest BCUT2D eigenvalue weighted by molar-refractivity contribution is -0.123. The maximum absolute atomic E-state index is 12.6. The average molecular weight is 382 g/mol. The number of nitrogens with zero attached hydrogens (tertiary/aromatic N) is 2. The Morgan fingerprint density at radius 1 is 1.32 bits per heavy atom. The smallest absolute Gasteiger partial charge is 0.254 e. The Labute approximate surface area is 141 Å². The van der Waals surface area contributed by atoms with Crippen LogP contribution in [0.1, 0.15) is 23.2 Å². The maximum Gasteiger partial charge on any atom is 0.254 e. The molecular formula is C15H16BrN3O2S. The van der Waals surface area contributed by atoms with Gasteiger partial charge in [0, 0.05) is 22.3 Å². The van der Waals surface area contributed by atoms with Gasteiger partial charge in [-0.05, 0) is 37.1 Å². The van der Waals surface area contributed by atoms with Crippen molar-refractivity contribution in [1.29, 1.82) is 0 Å². The van der Waals surface area contributed by atoms with Gasteiger partial charge in [0.2, 0.25) is 5.91 Å². The van der Waals surface area contributed by atoms with Crippen LogP contribution in [0.25, 0.3) is 0 Å². The normalized spacial score (nSPS) is 20.9. The van der Waals surface area contributed by atoms with Crippen molar-refractivity contribution in [1.82, 2.24) is 10.2 Å². The molecule has 1 unspecified atom stereocenters. The van der Waals surface area contributed by atoms with E-state index in [9.17, 15) is 9.59 Å². The molecule has 2 aliphatic heterocycles. The van der Waals surface area contributed by atoms with Crippen molar-refractivity contribution in [2.75, 3.05) is 18.8 Å². The summed E-state index contributed by atoms with van der Waals surface area (Å²) in [6.45, 7) is 1.36. The van der Waals surface area contributed by atoms with Crippen molar-refractivity contribution < 1.29 is 9.59 Å². The monoisotopic (exact) mass is 381 g/mol. The largest absolute Gasteiger partial charge is 0.327 e. The van der Waals surface area contributed by atoms with Crippen LogP contribution in [0, 0.1) is 0 Å². The van der Waals surface area contributed by atoms with Crippen LogP contribution in [0.4, 0.5) is 0 Å². The fourth-order valence-electron chi connectivity index (χ4n) is 2.64. The summed E-state index contributed by atoms with van der Waals surface area (Å²) in [5.74, 6) is 0.684. The topological polar surface area (TPSA) is 61.8 Å². The zero-order chi connectivity index (χ0) is 15.5. The summed E-state index contributed by atoms with van der Waals surface area (Å²) in [4.78, 5) is 30.9. The minimum atomic E-state index is -0.403. The Bertz CT molecular complexity index is 618. The van der Waals surface area contributed by atoms with E-state index in [4.69, 9.17) is 0 Å². The first-order valence-electron chi connectivity index (χ1n) is 7.20. The van der Waals surface area contributed by atoms with Crippen LogP contribution in [0.15, 0.2) is 33.7 Å². The number of nitrogens with one attached hydrogen (secondary N) is 1. The van der Waals surface area contributed by atoms with Gasteiger partial charge in [0.25, 0.3) is 5.91 Å². The van der Waals surface area contributed by atoms with Gasteiger partial charge in [0.15, 0.2) is 5.17 Å². The first-order valence-corrected chi connectivity index (χ1v) is 8.97. The Morgan fingerprint density at radius 2 is 2.09 bits per heavy atom. The molecule has 0 bridgehead atoms. The SMILES string of the molecule is O=C(NC1=NCCS1)C1CCCN1C(=O)c1ccc(Br)cc1. The molecule has 1 N–H and O–H groups in total. The van der Waals surface area contributed by atoms with Crippen LogP contribution in [-0.2, 0) is 4.79 Å². The number of thioether (sulfide) groups is 1. The molecule has 1 aromatic carbocycles. The van der Waals surface area contributed by atoms with Crippen molar-refractivity contribution in [3.8, 4) is 0 Å². The standard InChI is InChI=1S/C15H16BrN3O2S/c16-11-5-3-10(4-6-11)14(21)19-8-1-2-12(19)13(20)18-15-17-7-9-22-15/h3-6,12H,1-2,7-9H2,(H,17,18,20). The molecule has 0 spiro atoms. The summed E-state index contributed by atoms with van der Waals surface area (Å²) in [6, 6.07) is 6.82. The molecule has 0 radical (unpaired) electrons. The number of carbonyl (C=O) groups is 2. The molecule has 2 amide bonds. The Kier molecular flexibility index (Phi) is 4.83. The number of carbonyl (C=O) groups excluding carboxylic acids is 2. The van der Waals surface area contributed by atoms with Gasteiger partial charge in [-0.2, -0.15) is 0 Å². The van der Waals surface area contributed by atoms with Gasteiger partial charge in [-0.15, -0.1) is 0 Å². The molecule has 1 fully saturated rings. The lowest BCUT2D eigenvalue weighted by atomic mass is 10.1. The molecule has 1 saturated heterocycles. The molecule has 0 aromatic heterocycles. The van der Waals surface area contributed by atoms with Crippen LogP contribution in [0.2, 0.25) is 0 Å². The number of amides is 2. The number of hydrogen-bond donors (Lipinski definition) is 1. The number of rotatable bonds is 2. The minimum Gasteiger partial charge on any atom is -0.327 e. The maximum atomic E-state index is 12.6. The van der Waals surface area contributed by atoms with E-state index in [1.807, 2.05) is 12.1 Å². The quantitative estimate of drug-likeness (QED) is 0.854. The summed E-state index contributed by atoms with van der Waals surface area (Å²) < 4.78 is 0.927. The van der Waals surface area contributed by atoms with Crippen molar-refractivity contribution in [2.24, 2.45) is 4.99 Å². The molecular weight excluding hydrogens is 366 g/mol. The van der Waals surface area contributed by atoms with E-state index < -0.39 is 6.04 Å². The Morgan fingerprint density at radius 3 is 2.77 bits per heavy atom. The highest BCUT2D eigenvalue weighted by molar-refractivity contribution is 9.10. The van der Waals surface area contributed by atoms with Gasteiger partial charge in [0.1, 0.15) is 6.04 Å². The van der Waals surface area contributed by atoms with Crippen molar-refractivity contribution in [3.63, 3.8) is 0 Å². The lowest BCUT2D eigenvalue weighted by Gasteiger charge is -2.24. The predicted molar refractivity (Wildman–Crippen MR) is 91.1 cm³/mol. The van der Waals surface area contributed by atoms with E-state index >= 15 is 0 Å². The van der Waals surface area contributed by atoms with Gasteiger partial charge in [-0.1, -0.05) is 27.7 Å². The first-order chi connectivity index (χ1) is 10.6. The lowest BCUT2D eigenvalue weighted by Crippen LogP contribution is -2.47. The molecule has 0 saturated carbocycles. The van der Waals surface area contributed by atoms with Gasteiger partial charge >= 0.3 is 0 Å². The van der Waals surface area contributed by atoms with Crippen molar-refractivity contribution >= 4 is 44.7 Å². The fraction of sp³-hybridized carbons (Fsp3) is 0.400. The minimum absolute atomic E-state index is 0.0915. The van der Waals surface area contributed by atoms with E-state index in [1.54, 1.807) is 28.8 Å². The van der Waals surface area contributed by atoms with E-state index in [-0.39, 0.29) is 11.8 Å². The highest BCUT2D eigenvalue weighted by Crippen LogP contribution is 2.22. The second-order valence-corrected chi connectivity index (χ2v) is 7.19. The van der Waals surface area contributed by atoms with E-state index in [0.29, 0.717) is 23.7 Å². The molecule has 2 aliphatic rings. The van der Waals surface area contributed by atoms with Crippen LogP contribution >= 0.6 is 27.7 Å². The van der Waals surface area contributed by atoms with E-state index in [2.05, 4.69) is 26.2 Å². The van der Waals surface area contributed by atoms with Crippen molar-refractivity contribution in [2.45, 2.75) is 18.9 Å². The molecule has 22 heavy (non-hydrogen) atoms. The number of halogens is 1. The van der Waals surface area contributed by atoms with Crippen molar-refractivity contribution in [3.05, 3.63) is 34.3 Å². The number of benzene rings is 1. The highest BCUT2D eigenvalue weighted by Gasteiger charge is 2.35. The Hall–Kier alpha value is -1.34. The molecule has 3 rings (SSSR count). The first kappa shape index (κ1) is 15.6. The molecule has 116 valence electrons. The second kappa shape index (κ2) is 6.83.